The van der Waals surface area contributed by atoms with E-state index in [1.807, 2.05) is 18.7 Å². The summed E-state index contributed by atoms with van der Waals surface area (Å²) in [6.07, 6.45) is 4.84. The van der Waals surface area contributed by atoms with E-state index in [-0.39, 0.29) is 18.4 Å². The molecule has 1 aromatic rings. The zero-order valence-corrected chi connectivity index (χ0v) is 18.3. The normalized spacial score (nSPS) is 16.4. The lowest BCUT2D eigenvalue weighted by molar-refractivity contribution is -0.141. The van der Waals surface area contributed by atoms with Gasteiger partial charge in [-0.05, 0) is 69.2 Å². The number of carbonyl (C=O) groups excluding carboxylic acids is 2. The van der Waals surface area contributed by atoms with E-state index in [1.165, 1.54) is 6.42 Å². The third kappa shape index (κ3) is 7.35. The van der Waals surface area contributed by atoms with Gasteiger partial charge < -0.3 is 19.7 Å². The molecule has 1 heterocycles. The average molecular weight is 405 g/mol. The van der Waals surface area contributed by atoms with Crippen LogP contribution in [0.4, 0.5) is 5.69 Å². The Morgan fingerprint density at radius 3 is 2.38 bits per heavy atom. The molecular weight excluding hydrogens is 368 g/mol. The maximum atomic E-state index is 12.8. The summed E-state index contributed by atoms with van der Waals surface area (Å²) in [4.78, 5) is 26.9. The third-order valence-corrected chi connectivity index (χ3v) is 5.09. The second kappa shape index (κ2) is 11.2. The van der Waals surface area contributed by atoms with Crippen LogP contribution in [0, 0.1) is 5.92 Å². The van der Waals surface area contributed by atoms with Gasteiger partial charge >= 0.3 is 0 Å². The zero-order chi connectivity index (χ0) is 21.3. The summed E-state index contributed by atoms with van der Waals surface area (Å²) in [5, 5.41) is 2.95. The van der Waals surface area contributed by atoms with Gasteiger partial charge in [-0.25, -0.2) is 0 Å². The highest BCUT2D eigenvalue weighted by atomic mass is 16.5. The van der Waals surface area contributed by atoms with Crippen molar-refractivity contribution < 1.29 is 19.1 Å². The maximum Gasteiger partial charge on any atom is 0.260 e. The Balaban J connectivity index is 1.89. The van der Waals surface area contributed by atoms with Gasteiger partial charge in [0.15, 0.2) is 6.61 Å². The van der Waals surface area contributed by atoms with E-state index < -0.39 is 5.60 Å². The summed E-state index contributed by atoms with van der Waals surface area (Å²) in [5.74, 6) is 0.838. The maximum absolute atomic E-state index is 12.8. The number of amides is 2. The minimum atomic E-state index is -0.861. The average Bonchev–Trinajstić information content (AvgIpc) is 2.71. The van der Waals surface area contributed by atoms with Crippen molar-refractivity contribution in [2.75, 3.05) is 31.6 Å². The first-order valence-corrected chi connectivity index (χ1v) is 10.8. The molecule has 1 saturated heterocycles. The van der Waals surface area contributed by atoms with E-state index in [0.29, 0.717) is 30.4 Å². The fraction of sp³-hybridized carbons (Fsp3) is 0.652. The predicted octanol–water partition coefficient (Wildman–Crippen LogP) is 4.25. The van der Waals surface area contributed by atoms with E-state index in [1.54, 1.807) is 24.3 Å². The Hall–Kier alpha value is -2.08. The van der Waals surface area contributed by atoms with Crippen LogP contribution in [0.15, 0.2) is 24.3 Å². The second-order valence-corrected chi connectivity index (χ2v) is 8.39. The Morgan fingerprint density at radius 2 is 1.79 bits per heavy atom. The van der Waals surface area contributed by atoms with Crippen LogP contribution >= 0.6 is 0 Å². The lowest BCUT2D eigenvalue weighted by Gasteiger charge is -2.30. The molecule has 0 saturated carbocycles. The Kier molecular flexibility index (Phi) is 8.96. The fourth-order valence-corrected chi connectivity index (χ4v) is 3.60. The molecule has 6 nitrogen and oxygen atoms in total. The van der Waals surface area contributed by atoms with E-state index in [4.69, 9.17) is 9.47 Å². The molecule has 1 aliphatic heterocycles. The van der Waals surface area contributed by atoms with Crippen LogP contribution in [0.2, 0.25) is 0 Å². The van der Waals surface area contributed by atoms with Gasteiger partial charge in [0.2, 0.25) is 0 Å². The molecule has 1 aromatic carbocycles. The predicted molar refractivity (Wildman–Crippen MR) is 115 cm³/mol. The van der Waals surface area contributed by atoms with E-state index >= 15 is 0 Å². The standard InChI is InChI=1S/C23H36N2O4/c1-5-15-29-23(4,16-18(2)3)22(27)24-19-9-11-20(12-10-19)28-17-21(26)25-13-7-6-8-14-25/h9-12,18H,5-8,13-17H2,1-4H3,(H,24,27)/t23-/m1/s1. The van der Waals surface area contributed by atoms with Crippen molar-refractivity contribution in [2.24, 2.45) is 5.92 Å². The number of likely N-dealkylation sites (tertiary alicyclic amines) is 1. The Morgan fingerprint density at radius 1 is 1.14 bits per heavy atom. The molecule has 1 atom stereocenters. The molecule has 1 fully saturated rings. The first-order chi connectivity index (χ1) is 13.8. The van der Waals surface area contributed by atoms with Crippen LogP contribution in [0.25, 0.3) is 0 Å². The summed E-state index contributed by atoms with van der Waals surface area (Å²) < 4.78 is 11.5. The number of hydrogen-bond acceptors (Lipinski definition) is 4. The number of nitrogens with zero attached hydrogens (tertiary/aromatic N) is 1. The largest absolute Gasteiger partial charge is 0.484 e. The molecule has 162 valence electrons. The minimum Gasteiger partial charge on any atom is -0.484 e. The summed E-state index contributed by atoms with van der Waals surface area (Å²) in [7, 11) is 0. The van der Waals surface area contributed by atoms with Gasteiger partial charge in [-0.15, -0.1) is 0 Å². The number of hydrogen-bond donors (Lipinski definition) is 1. The monoisotopic (exact) mass is 404 g/mol. The van der Waals surface area contributed by atoms with Crippen molar-refractivity contribution in [3.8, 4) is 5.75 Å². The van der Waals surface area contributed by atoms with Gasteiger partial charge in [-0.2, -0.15) is 0 Å². The highest BCUT2D eigenvalue weighted by Gasteiger charge is 2.34. The minimum absolute atomic E-state index is 0.0274. The SMILES string of the molecule is CCCO[C@](C)(CC(C)C)C(=O)Nc1ccc(OCC(=O)N2CCCCC2)cc1. The first kappa shape index (κ1) is 23.2. The molecule has 0 aromatic heterocycles. The van der Waals surface area contributed by atoms with Crippen LogP contribution in [-0.4, -0.2) is 48.6 Å². The number of anilines is 1. The van der Waals surface area contributed by atoms with Crippen LogP contribution in [0.5, 0.6) is 5.75 Å². The second-order valence-electron chi connectivity index (χ2n) is 8.39. The molecule has 2 amide bonds. The molecule has 29 heavy (non-hydrogen) atoms. The van der Waals surface area contributed by atoms with Crippen molar-refractivity contribution >= 4 is 17.5 Å². The number of benzene rings is 1. The van der Waals surface area contributed by atoms with Gasteiger partial charge in [-0.1, -0.05) is 20.8 Å². The summed E-state index contributed by atoms with van der Waals surface area (Å²) in [5.41, 5.74) is -0.181. The summed E-state index contributed by atoms with van der Waals surface area (Å²) in [6, 6.07) is 7.11. The van der Waals surface area contributed by atoms with Crippen LogP contribution in [-0.2, 0) is 14.3 Å². The molecule has 0 unspecified atom stereocenters. The van der Waals surface area contributed by atoms with Crippen molar-refractivity contribution in [3.05, 3.63) is 24.3 Å². The van der Waals surface area contributed by atoms with Gasteiger partial charge in [0.05, 0.1) is 0 Å². The highest BCUT2D eigenvalue weighted by Crippen LogP contribution is 2.24. The Bertz CT molecular complexity index is 653. The number of nitrogens with one attached hydrogen (secondary N) is 1. The molecule has 0 radical (unpaired) electrons. The zero-order valence-electron chi connectivity index (χ0n) is 18.3. The van der Waals surface area contributed by atoms with Crippen molar-refractivity contribution in [1.82, 2.24) is 4.90 Å². The summed E-state index contributed by atoms with van der Waals surface area (Å²) in [6.45, 7) is 10.3. The van der Waals surface area contributed by atoms with E-state index in [9.17, 15) is 9.59 Å². The fourth-order valence-electron chi connectivity index (χ4n) is 3.60. The number of piperidine rings is 1. The van der Waals surface area contributed by atoms with Crippen molar-refractivity contribution in [3.63, 3.8) is 0 Å². The molecule has 6 heteroatoms. The van der Waals surface area contributed by atoms with Gasteiger partial charge in [0.1, 0.15) is 11.4 Å². The summed E-state index contributed by atoms with van der Waals surface area (Å²) >= 11 is 0. The van der Waals surface area contributed by atoms with Crippen LogP contribution < -0.4 is 10.1 Å². The smallest absolute Gasteiger partial charge is 0.260 e. The molecular formula is C23H36N2O4. The van der Waals surface area contributed by atoms with Crippen LogP contribution in [0.3, 0.4) is 0 Å². The van der Waals surface area contributed by atoms with E-state index in [2.05, 4.69) is 19.2 Å². The van der Waals surface area contributed by atoms with Gasteiger partial charge in [0, 0.05) is 25.4 Å². The molecule has 1 N–H and O–H groups in total. The quantitative estimate of drug-likeness (QED) is 0.633. The highest BCUT2D eigenvalue weighted by molar-refractivity contribution is 5.97. The molecule has 1 aliphatic rings. The van der Waals surface area contributed by atoms with Gasteiger partial charge in [0.25, 0.3) is 11.8 Å². The van der Waals surface area contributed by atoms with Crippen molar-refractivity contribution in [2.45, 2.75) is 65.4 Å². The lowest BCUT2D eigenvalue weighted by atomic mass is 9.93. The van der Waals surface area contributed by atoms with Crippen molar-refractivity contribution in [1.29, 1.82) is 0 Å². The van der Waals surface area contributed by atoms with E-state index in [0.717, 1.165) is 32.4 Å². The Labute approximate surface area is 174 Å². The number of ether oxygens (including phenoxy) is 2. The van der Waals surface area contributed by atoms with Crippen LogP contribution in [0.1, 0.15) is 59.8 Å². The third-order valence-electron chi connectivity index (χ3n) is 5.09. The topological polar surface area (TPSA) is 67.9 Å². The first-order valence-electron chi connectivity index (χ1n) is 10.8. The molecule has 0 spiro atoms. The molecule has 0 aliphatic carbocycles. The molecule has 0 bridgehead atoms. The molecule has 2 rings (SSSR count). The van der Waals surface area contributed by atoms with Gasteiger partial charge in [-0.3, -0.25) is 9.59 Å². The lowest BCUT2D eigenvalue weighted by Crippen LogP contribution is -2.44. The number of carbonyl (C=O) groups is 2. The number of rotatable bonds is 10.